The zero-order chi connectivity index (χ0) is 14.8. The highest BCUT2D eigenvalue weighted by atomic mass is 35.7. The highest BCUT2D eigenvalue weighted by Crippen LogP contribution is 2.21. The first kappa shape index (κ1) is 15.9. The van der Waals surface area contributed by atoms with Gasteiger partial charge in [-0.15, -0.1) is 0 Å². The van der Waals surface area contributed by atoms with Crippen molar-refractivity contribution >= 4 is 41.2 Å². The number of halogens is 2. The first-order valence-electron chi connectivity index (χ1n) is 4.71. The Bertz CT molecular complexity index is 714. The second-order valence-corrected chi connectivity index (χ2v) is 8.40. The van der Waals surface area contributed by atoms with Crippen LogP contribution in [0.2, 0.25) is 0 Å². The van der Waals surface area contributed by atoms with E-state index in [0.29, 0.717) is 6.07 Å². The van der Waals surface area contributed by atoms with Gasteiger partial charge in [-0.3, -0.25) is 4.79 Å². The van der Waals surface area contributed by atoms with E-state index in [9.17, 15) is 26.0 Å². The largest absolute Gasteiger partial charge is 0.323 e. The molecule has 0 atom stereocenters. The van der Waals surface area contributed by atoms with Crippen LogP contribution in [0.25, 0.3) is 0 Å². The SMILES string of the molecule is CS(=O)(=O)CC(=O)Nc1ccc(S(=O)(=O)Cl)cc1F. The lowest BCUT2D eigenvalue weighted by Crippen LogP contribution is -2.22. The highest BCUT2D eigenvalue weighted by Gasteiger charge is 2.16. The summed E-state index contributed by atoms with van der Waals surface area (Å²) in [7, 11) is -2.60. The van der Waals surface area contributed by atoms with E-state index in [0.717, 1.165) is 18.4 Å². The smallest absolute Gasteiger partial charge is 0.261 e. The molecule has 0 bridgehead atoms. The minimum Gasteiger partial charge on any atom is -0.323 e. The summed E-state index contributed by atoms with van der Waals surface area (Å²) in [6, 6.07) is 2.59. The first-order valence-corrected chi connectivity index (χ1v) is 9.08. The fraction of sp³-hybridized carbons (Fsp3) is 0.222. The van der Waals surface area contributed by atoms with Gasteiger partial charge in [0, 0.05) is 16.9 Å². The number of hydrogen-bond acceptors (Lipinski definition) is 5. The molecule has 6 nitrogen and oxygen atoms in total. The number of carbonyl (C=O) groups is 1. The summed E-state index contributed by atoms with van der Waals surface area (Å²) in [5.74, 6) is -2.77. The number of sulfone groups is 1. The van der Waals surface area contributed by atoms with Crippen molar-refractivity contribution in [3.05, 3.63) is 24.0 Å². The predicted molar refractivity (Wildman–Crippen MR) is 67.8 cm³/mol. The number of nitrogens with one attached hydrogen (secondary N) is 1. The number of anilines is 1. The summed E-state index contributed by atoms with van der Waals surface area (Å²) in [4.78, 5) is 10.8. The van der Waals surface area contributed by atoms with Crippen LogP contribution in [0, 0.1) is 5.82 Å². The van der Waals surface area contributed by atoms with E-state index in [2.05, 4.69) is 0 Å². The van der Waals surface area contributed by atoms with Gasteiger partial charge in [-0.05, 0) is 18.2 Å². The van der Waals surface area contributed by atoms with Crippen molar-refractivity contribution in [2.24, 2.45) is 0 Å². The number of carbonyl (C=O) groups excluding carboxylic acids is 1. The van der Waals surface area contributed by atoms with Crippen molar-refractivity contribution in [1.29, 1.82) is 0 Å². The van der Waals surface area contributed by atoms with Crippen LogP contribution in [0.5, 0.6) is 0 Å². The molecule has 106 valence electrons. The molecule has 0 heterocycles. The van der Waals surface area contributed by atoms with Crippen LogP contribution in [0.1, 0.15) is 0 Å². The van der Waals surface area contributed by atoms with Gasteiger partial charge < -0.3 is 5.32 Å². The van der Waals surface area contributed by atoms with Crippen molar-refractivity contribution in [3.8, 4) is 0 Å². The lowest BCUT2D eigenvalue weighted by Gasteiger charge is -2.06. The molecule has 0 saturated carbocycles. The molecule has 0 radical (unpaired) electrons. The summed E-state index contributed by atoms with van der Waals surface area (Å²) in [6.07, 6.45) is 0.853. The van der Waals surface area contributed by atoms with Gasteiger partial charge in [-0.25, -0.2) is 21.2 Å². The molecule has 0 fully saturated rings. The van der Waals surface area contributed by atoms with Gasteiger partial charge in [0.15, 0.2) is 9.84 Å². The minimum atomic E-state index is -4.08. The van der Waals surface area contributed by atoms with Crippen molar-refractivity contribution in [1.82, 2.24) is 0 Å². The Morgan fingerprint density at radius 1 is 1.32 bits per heavy atom. The van der Waals surface area contributed by atoms with Gasteiger partial charge in [-0.2, -0.15) is 0 Å². The molecule has 0 saturated heterocycles. The van der Waals surface area contributed by atoms with Crippen LogP contribution in [0.4, 0.5) is 10.1 Å². The molecule has 0 aliphatic rings. The van der Waals surface area contributed by atoms with Crippen LogP contribution >= 0.6 is 10.7 Å². The molecule has 1 amide bonds. The monoisotopic (exact) mass is 329 g/mol. The second-order valence-electron chi connectivity index (χ2n) is 3.70. The zero-order valence-electron chi connectivity index (χ0n) is 9.55. The maximum absolute atomic E-state index is 13.5. The fourth-order valence-electron chi connectivity index (χ4n) is 1.17. The summed E-state index contributed by atoms with van der Waals surface area (Å²) in [5.41, 5.74) is -0.335. The molecule has 0 aliphatic carbocycles. The Hall–Kier alpha value is -1.19. The summed E-state index contributed by atoms with van der Waals surface area (Å²) in [6.45, 7) is 0. The summed E-state index contributed by atoms with van der Waals surface area (Å²) < 4.78 is 57.1. The molecule has 10 heteroatoms. The van der Waals surface area contributed by atoms with E-state index >= 15 is 0 Å². The molecule has 0 aliphatic heterocycles. The van der Waals surface area contributed by atoms with Crippen LogP contribution in [-0.2, 0) is 23.7 Å². The third kappa shape index (κ3) is 5.13. The second kappa shape index (κ2) is 5.43. The quantitative estimate of drug-likeness (QED) is 0.821. The molecule has 19 heavy (non-hydrogen) atoms. The molecular weight excluding hydrogens is 321 g/mol. The van der Waals surface area contributed by atoms with E-state index in [1.807, 2.05) is 5.32 Å². The van der Waals surface area contributed by atoms with E-state index in [1.54, 1.807) is 0 Å². The van der Waals surface area contributed by atoms with Gasteiger partial charge in [-0.1, -0.05) is 0 Å². The fourth-order valence-corrected chi connectivity index (χ4v) is 2.48. The van der Waals surface area contributed by atoms with E-state index in [1.165, 1.54) is 0 Å². The summed E-state index contributed by atoms with van der Waals surface area (Å²) >= 11 is 0. The molecule has 1 N–H and O–H groups in total. The first-order chi connectivity index (χ1) is 8.49. The number of amides is 1. The van der Waals surface area contributed by atoms with E-state index < -0.39 is 41.3 Å². The zero-order valence-corrected chi connectivity index (χ0v) is 11.9. The van der Waals surface area contributed by atoms with Crippen LogP contribution in [0.3, 0.4) is 0 Å². The van der Waals surface area contributed by atoms with E-state index in [4.69, 9.17) is 10.7 Å². The molecule has 0 aromatic heterocycles. The van der Waals surface area contributed by atoms with Gasteiger partial charge in [0.2, 0.25) is 5.91 Å². The topological polar surface area (TPSA) is 97.4 Å². The standard InChI is InChI=1S/C9H9ClFNO5S2/c1-18(14,15)5-9(13)12-8-3-2-6(4-7(8)11)19(10,16)17/h2-4H,5H2,1H3,(H,12,13). The van der Waals surface area contributed by atoms with Gasteiger partial charge in [0.25, 0.3) is 9.05 Å². The van der Waals surface area contributed by atoms with Gasteiger partial charge >= 0.3 is 0 Å². The normalized spacial score (nSPS) is 12.2. The van der Waals surface area contributed by atoms with Crippen molar-refractivity contribution in [3.63, 3.8) is 0 Å². The molecule has 0 unspecified atom stereocenters. The van der Waals surface area contributed by atoms with E-state index in [-0.39, 0.29) is 5.69 Å². The predicted octanol–water partition coefficient (Wildman–Crippen LogP) is 0.736. The molecular formula is C9H9ClFNO5S2. The third-order valence-corrected chi connectivity index (χ3v) is 4.03. The van der Waals surface area contributed by atoms with Crippen molar-refractivity contribution in [2.45, 2.75) is 4.90 Å². The lowest BCUT2D eigenvalue weighted by atomic mass is 10.3. The third-order valence-electron chi connectivity index (χ3n) is 1.89. The highest BCUT2D eigenvalue weighted by molar-refractivity contribution is 8.13. The summed E-state index contributed by atoms with van der Waals surface area (Å²) in [5, 5.41) is 2.01. The number of hydrogen-bond donors (Lipinski definition) is 1. The van der Waals surface area contributed by atoms with Gasteiger partial charge in [0.1, 0.15) is 11.6 Å². The molecule has 0 spiro atoms. The van der Waals surface area contributed by atoms with Crippen LogP contribution in [-0.4, -0.2) is 34.8 Å². The maximum Gasteiger partial charge on any atom is 0.261 e. The Morgan fingerprint density at radius 2 is 1.89 bits per heavy atom. The Morgan fingerprint density at radius 3 is 2.32 bits per heavy atom. The molecule has 1 rings (SSSR count). The molecule has 1 aromatic rings. The van der Waals surface area contributed by atoms with Crippen LogP contribution in [0.15, 0.2) is 23.1 Å². The number of rotatable bonds is 4. The number of benzene rings is 1. The Labute approximate surface area is 113 Å². The Balaban J connectivity index is 2.96. The van der Waals surface area contributed by atoms with Crippen molar-refractivity contribution in [2.75, 3.05) is 17.3 Å². The maximum atomic E-state index is 13.5. The average molecular weight is 330 g/mol. The lowest BCUT2D eigenvalue weighted by molar-refractivity contribution is -0.113. The Kier molecular flexibility index (Phi) is 4.54. The van der Waals surface area contributed by atoms with Crippen LogP contribution < -0.4 is 5.32 Å². The average Bonchev–Trinajstić information content (AvgIpc) is 2.16. The van der Waals surface area contributed by atoms with Crippen molar-refractivity contribution < 1.29 is 26.0 Å². The van der Waals surface area contributed by atoms with Gasteiger partial charge in [0.05, 0.1) is 10.6 Å². The minimum absolute atomic E-state index is 0.335. The molecule has 1 aromatic carbocycles.